The number of esters is 1. The summed E-state index contributed by atoms with van der Waals surface area (Å²) in [5.41, 5.74) is -0.351. The van der Waals surface area contributed by atoms with Crippen LogP contribution in [0.2, 0.25) is 0 Å². The van der Waals surface area contributed by atoms with Crippen LogP contribution in [0.4, 0.5) is 0 Å². The molecule has 0 aromatic carbocycles. The molecule has 4 rings (SSSR count). The average molecular weight is 463 g/mol. The number of allylic oxidation sites excluding steroid dienone is 2. The summed E-state index contributed by atoms with van der Waals surface area (Å²) in [5, 5.41) is 10.5. The highest BCUT2D eigenvalue weighted by Gasteiger charge is 2.55. The minimum atomic E-state index is -0.568. The molecular weight excluding hydrogens is 424 g/mol. The van der Waals surface area contributed by atoms with E-state index in [0.717, 1.165) is 32.1 Å². The van der Waals surface area contributed by atoms with Gasteiger partial charge in [-0.2, -0.15) is 0 Å². The van der Waals surface area contributed by atoms with Gasteiger partial charge in [0.05, 0.1) is 25.4 Å². The van der Waals surface area contributed by atoms with Crippen LogP contribution in [-0.4, -0.2) is 66.2 Å². The van der Waals surface area contributed by atoms with Gasteiger partial charge in [0.2, 0.25) is 0 Å². The van der Waals surface area contributed by atoms with Gasteiger partial charge < -0.3 is 24.1 Å². The predicted molar refractivity (Wildman–Crippen MR) is 121 cm³/mol. The third-order valence-corrected chi connectivity index (χ3v) is 7.59. The van der Waals surface area contributed by atoms with Crippen LogP contribution in [0.15, 0.2) is 24.3 Å². The fraction of sp³-hybridized carbons (Fsp3) is 0.769. The Kier molecular flexibility index (Phi) is 7.73. The number of ether oxygens (including phenoxy) is 4. The van der Waals surface area contributed by atoms with Crippen molar-refractivity contribution in [3.8, 4) is 0 Å². The molecule has 1 aliphatic carbocycles. The van der Waals surface area contributed by atoms with Crippen molar-refractivity contribution in [2.75, 3.05) is 13.2 Å². The Bertz CT molecular complexity index is 771. The summed E-state index contributed by atoms with van der Waals surface area (Å²) >= 11 is 0. The first kappa shape index (κ1) is 24.6. The van der Waals surface area contributed by atoms with Gasteiger partial charge in [-0.3, -0.25) is 9.59 Å². The standard InChI is InChI=1S/C26H38O7/c1-16(32-18(3)27)4-7-22(28)13-19-5-8-23(33-17(19)2)14-21-12-20(21)6-9-24-25(29)26(15-31-26)10-11-30-24/h4,6-7,9,16-17,19-21,23-25,29H,5,8,10-15H2,1-3H3/b7-4-,9-6+/t16-,17+,19-,20?,21?,23+,24?,25+,26+/m0/s1. The molecule has 184 valence electrons. The molecule has 0 amide bonds. The van der Waals surface area contributed by atoms with Gasteiger partial charge in [-0.1, -0.05) is 12.2 Å². The van der Waals surface area contributed by atoms with E-state index >= 15 is 0 Å². The molecule has 33 heavy (non-hydrogen) atoms. The topological polar surface area (TPSA) is 94.6 Å². The van der Waals surface area contributed by atoms with Gasteiger partial charge in [0.15, 0.2) is 5.78 Å². The summed E-state index contributed by atoms with van der Waals surface area (Å²) in [6, 6.07) is 0. The lowest BCUT2D eigenvalue weighted by atomic mass is 9.87. The lowest BCUT2D eigenvalue weighted by Crippen LogP contribution is -2.46. The Morgan fingerprint density at radius 3 is 2.73 bits per heavy atom. The molecular formula is C26H38O7. The molecule has 7 nitrogen and oxygen atoms in total. The van der Waals surface area contributed by atoms with E-state index in [1.807, 2.05) is 6.08 Å². The molecule has 1 spiro atoms. The molecule has 0 aromatic heterocycles. The highest BCUT2D eigenvalue weighted by atomic mass is 16.6. The quantitative estimate of drug-likeness (QED) is 0.243. The number of carbonyl (C=O) groups is 2. The van der Waals surface area contributed by atoms with Gasteiger partial charge in [-0.25, -0.2) is 0 Å². The van der Waals surface area contributed by atoms with Crippen molar-refractivity contribution in [3.63, 3.8) is 0 Å². The number of aliphatic hydroxyl groups excluding tert-OH is 1. The number of carbonyl (C=O) groups excluding carboxylic acids is 2. The van der Waals surface area contributed by atoms with Crippen LogP contribution < -0.4 is 0 Å². The van der Waals surface area contributed by atoms with Gasteiger partial charge in [-0.05, 0) is 69.4 Å². The lowest BCUT2D eigenvalue weighted by molar-refractivity contribution is -0.143. The zero-order chi connectivity index (χ0) is 23.6. The molecule has 4 fully saturated rings. The molecule has 3 aliphatic heterocycles. The average Bonchev–Trinajstić information content (AvgIpc) is 3.67. The first-order valence-electron chi connectivity index (χ1n) is 12.4. The number of hydrogen-bond donors (Lipinski definition) is 1. The molecule has 0 radical (unpaired) electrons. The zero-order valence-electron chi connectivity index (χ0n) is 20.0. The molecule has 3 saturated heterocycles. The maximum absolute atomic E-state index is 12.3. The summed E-state index contributed by atoms with van der Waals surface area (Å²) in [7, 11) is 0. The second-order valence-electron chi connectivity index (χ2n) is 10.3. The summed E-state index contributed by atoms with van der Waals surface area (Å²) in [6.45, 7) is 6.44. The SMILES string of the molecule is CC(=O)O[C@@H](C)/C=C\C(=O)C[C@@H]1CC[C@H](CC2CC2/C=C/C2OCC[C@@]3(CO3)[C@@H]2O)O[C@@H]1C. The van der Waals surface area contributed by atoms with E-state index in [1.54, 1.807) is 13.0 Å². The Balaban J connectivity index is 1.15. The van der Waals surface area contributed by atoms with E-state index in [2.05, 4.69) is 13.0 Å². The Hall–Kier alpha value is -1.54. The first-order chi connectivity index (χ1) is 15.8. The van der Waals surface area contributed by atoms with Crippen molar-refractivity contribution in [3.05, 3.63) is 24.3 Å². The van der Waals surface area contributed by atoms with Gasteiger partial charge >= 0.3 is 5.97 Å². The van der Waals surface area contributed by atoms with Crippen LogP contribution in [0.25, 0.3) is 0 Å². The van der Waals surface area contributed by atoms with Crippen LogP contribution in [0.5, 0.6) is 0 Å². The smallest absolute Gasteiger partial charge is 0.303 e. The Morgan fingerprint density at radius 2 is 2.03 bits per heavy atom. The van der Waals surface area contributed by atoms with Crippen LogP contribution in [0, 0.1) is 17.8 Å². The molecule has 4 aliphatic rings. The maximum atomic E-state index is 12.3. The summed E-state index contributed by atoms with van der Waals surface area (Å²) in [5.74, 6) is 1.06. The second-order valence-corrected chi connectivity index (χ2v) is 10.3. The van der Waals surface area contributed by atoms with E-state index in [1.165, 1.54) is 13.0 Å². The largest absolute Gasteiger partial charge is 0.459 e. The minimum Gasteiger partial charge on any atom is -0.459 e. The van der Waals surface area contributed by atoms with Crippen LogP contribution in [0.3, 0.4) is 0 Å². The molecule has 1 saturated carbocycles. The van der Waals surface area contributed by atoms with Gasteiger partial charge in [0, 0.05) is 19.8 Å². The minimum absolute atomic E-state index is 0.0470. The van der Waals surface area contributed by atoms with Crippen LogP contribution >= 0.6 is 0 Å². The van der Waals surface area contributed by atoms with Crippen LogP contribution in [-0.2, 0) is 28.5 Å². The molecule has 3 heterocycles. The van der Waals surface area contributed by atoms with Crippen molar-refractivity contribution in [1.82, 2.24) is 0 Å². The van der Waals surface area contributed by atoms with Crippen molar-refractivity contribution in [2.24, 2.45) is 17.8 Å². The monoisotopic (exact) mass is 462 g/mol. The van der Waals surface area contributed by atoms with E-state index in [-0.39, 0.29) is 41.6 Å². The molecule has 0 bridgehead atoms. The Labute approximate surface area is 196 Å². The van der Waals surface area contributed by atoms with E-state index in [4.69, 9.17) is 18.9 Å². The summed E-state index contributed by atoms with van der Waals surface area (Å²) in [4.78, 5) is 23.3. The first-order valence-corrected chi connectivity index (χ1v) is 12.4. The van der Waals surface area contributed by atoms with Crippen molar-refractivity contribution >= 4 is 11.8 Å². The van der Waals surface area contributed by atoms with E-state index < -0.39 is 12.2 Å². The van der Waals surface area contributed by atoms with Gasteiger partial charge in [0.25, 0.3) is 0 Å². The summed E-state index contributed by atoms with van der Waals surface area (Å²) in [6.07, 6.45) is 11.9. The number of aliphatic hydroxyl groups is 1. The summed E-state index contributed by atoms with van der Waals surface area (Å²) < 4.78 is 22.5. The number of rotatable bonds is 9. The molecule has 9 atom stereocenters. The normalized spacial score (nSPS) is 41.4. The third-order valence-electron chi connectivity index (χ3n) is 7.59. The fourth-order valence-electron chi connectivity index (χ4n) is 5.27. The number of epoxide rings is 1. The van der Waals surface area contributed by atoms with Crippen molar-refractivity contribution in [1.29, 1.82) is 0 Å². The van der Waals surface area contributed by atoms with E-state index in [0.29, 0.717) is 31.5 Å². The third kappa shape index (κ3) is 6.53. The molecule has 7 heteroatoms. The van der Waals surface area contributed by atoms with Gasteiger partial charge in [0.1, 0.15) is 23.9 Å². The predicted octanol–water partition coefficient (Wildman–Crippen LogP) is 3.14. The number of hydrogen-bond acceptors (Lipinski definition) is 7. The Morgan fingerprint density at radius 1 is 1.24 bits per heavy atom. The van der Waals surface area contributed by atoms with Crippen molar-refractivity contribution in [2.45, 2.75) is 95.4 Å². The maximum Gasteiger partial charge on any atom is 0.303 e. The molecule has 3 unspecified atom stereocenters. The van der Waals surface area contributed by atoms with Crippen LogP contribution in [0.1, 0.15) is 59.3 Å². The van der Waals surface area contributed by atoms with E-state index in [9.17, 15) is 14.7 Å². The highest BCUT2D eigenvalue weighted by Crippen LogP contribution is 2.46. The second kappa shape index (κ2) is 10.4. The zero-order valence-corrected chi connectivity index (χ0v) is 20.0. The fourth-order valence-corrected chi connectivity index (χ4v) is 5.27. The van der Waals surface area contributed by atoms with Gasteiger partial charge in [-0.15, -0.1) is 0 Å². The van der Waals surface area contributed by atoms with Crippen molar-refractivity contribution < 1.29 is 33.6 Å². The lowest BCUT2D eigenvalue weighted by Gasteiger charge is -2.34. The molecule has 1 N–H and O–H groups in total. The molecule has 0 aromatic rings. The highest BCUT2D eigenvalue weighted by molar-refractivity contribution is 5.89. The number of ketones is 1.